The smallest absolute Gasteiger partial charge is 0.306 e. The molecule has 0 bridgehead atoms. The molecule has 1 atom stereocenters. The Kier molecular flexibility index (Phi) is 5.26. The molecule has 2 N–H and O–H groups in total. The van der Waals surface area contributed by atoms with E-state index < -0.39 is 15.3 Å². The summed E-state index contributed by atoms with van der Waals surface area (Å²) in [5.41, 5.74) is 4.68. The lowest BCUT2D eigenvalue weighted by Gasteiger charge is -2.15. The summed E-state index contributed by atoms with van der Waals surface area (Å²) >= 11 is 0. The van der Waals surface area contributed by atoms with Crippen LogP contribution >= 0.6 is 0 Å². The van der Waals surface area contributed by atoms with Gasteiger partial charge in [0.05, 0.1) is 16.3 Å². The van der Waals surface area contributed by atoms with Crippen LogP contribution in [0.5, 0.6) is 0 Å². The molecule has 2 aromatic carbocycles. The summed E-state index contributed by atoms with van der Waals surface area (Å²) in [7, 11) is -1.51. The van der Waals surface area contributed by atoms with E-state index in [1.807, 2.05) is 49.4 Å². The van der Waals surface area contributed by atoms with Gasteiger partial charge >= 0.3 is 5.69 Å². The second-order valence-electron chi connectivity index (χ2n) is 7.19. The maximum Gasteiger partial charge on any atom is 0.326 e. The normalized spacial score (nSPS) is 13.4. The highest BCUT2D eigenvalue weighted by Gasteiger charge is 2.17. The van der Waals surface area contributed by atoms with E-state index >= 15 is 0 Å². The number of sulfonamides is 1. The van der Waals surface area contributed by atoms with Gasteiger partial charge in [0, 0.05) is 13.6 Å². The van der Waals surface area contributed by atoms with E-state index in [0.29, 0.717) is 6.54 Å². The number of benzene rings is 2. The zero-order chi connectivity index (χ0) is 19.8. The fourth-order valence-corrected chi connectivity index (χ4v) is 3.75. The fraction of sp³-hybridized carbons (Fsp3) is 0.350. The lowest BCUT2D eigenvalue weighted by Crippen LogP contribution is -2.33. The first-order valence-electron chi connectivity index (χ1n) is 8.96. The number of nitrogens with zero attached hydrogens (tertiary/aromatic N) is 1. The third-order valence-electron chi connectivity index (χ3n) is 4.93. The summed E-state index contributed by atoms with van der Waals surface area (Å²) in [4.78, 5) is 14.6. The molecule has 0 spiro atoms. The lowest BCUT2D eigenvalue weighted by molar-refractivity contribution is 0.566. The monoisotopic (exact) mass is 387 g/mol. The maximum absolute atomic E-state index is 11.9. The van der Waals surface area contributed by atoms with Crippen molar-refractivity contribution in [3.8, 4) is 11.1 Å². The van der Waals surface area contributed by atoms with Gasteiger partial charge in [0.15, 0.2) is 0 Å². The molecule has 1 aromatic heterocycles. The van der Waals surface area contributed by atoms with E-state index in [4.69, 9.17) is 0 Å². The average Bonchev–Trinajstić information content (AvgIpc) is 2.93. The van der Waals surface area contributed by atoms with E-state index in [1.165, 1.54) is 0 Å². The topological polar surface area (TPSA) is 84.0 Å². The van der Waals surface area contributed by atoms with Crippen molar-refractivity contribution in [2.75, 3.05) is 6.54 Å². The van der Waals surface area contributed by atoms with Crippen molar-refractivity contribution in [2.24, 2.45) is 7.05 Å². The summed E-state index contributed by atoms with van der Waals surface area (Å²) in [5.74, 6) is 0.0700. The first-order valence-corrected chi connectivity index (χ1v) is 10.5. The SMILES string of the molecule is CC(CNS(=O)(=O)C(C)C)c1ccc(-c2ccc3[nH]c(=O)n(C)c3c2)cc1. The Balaban J connectivity index is 1.79. The van der Waals surface area contributed by atoms with Crippen molar-refractivity contribution in [1.29, 1.82) is 0 Å². The highest BCUT2D eigenvalue weighted by atomic mass is 32.2. The molecule has 7 heteroatoms. The van der Waals surface area contributed by atoms with Crippen molar-refractivity contribution < 1.29 is 8.42 Å². The third-order valence-corrected chi connectivity index (χ3v) is 6.74. The van der Waals surface area contributed by atoms with Crippen molar-refractivity contribution in [3.05, 3.63) is 58.5 Å². The van der Waals surface area contributed by atoms with Crippen molar-refractivity contribution in [1.82, 2.24) is 14.3 Å². The standard InChI is InChI=1S/C20H25N3O3S/c1-13(2)27(25,26)21-12-14(3)15-5-7-16(8-6-15)17-9-10-18-19(11-17)23(4)20(24)22-18/h5-11,13-14,21H,12H2,1-4H3,(H,22,24). The van der Waals surface area contributed by atoms with Gasteiger partial charge in [-0.2, -0.15) is 0 Å². The molecule has 0 aliphatic heterocycles. The largest absolute Gasteiger partial charge is 0.326 e. The van der Waals surface area contributed by atoms with Crippen LogP contribution < -0.4 is 10.4 Å². The minimum atomic E-state index is -3.26. The number of aromatic nitrogens is 2. The summed E-state index contributed by atoms with van der Waals surface area (Å²) in [5, 5.41) is -0.439. The van der Waals surface area contributed by atoms with E-state index in [2.05, 4.69) is 9.71 Å². The molecule has 0 aliphatic rings. The number of aromatic amines is 1. The molecule has 1 unspecified atom stereocenters. The molecule has 0 radical (unpaired) electrons. The summed E-state index contributed by atoms with van der Waals surface area (Å²) in [6, 6.07) is 14.0. The van der Waals surface area contributed by atoms with Crippen LogP contribution in [-0.2, 0) is 17.1 Å². The van der Waals surface area contributed by atoms with Gasteiger partial charge in [-0.15, -0.1) is 0 Å². The Labute approximate surface area is 159 Å². The van der Waals surface area contributed by atoms with Crippen LogP contribution in [0.4, 0.5) is 0 Å². The number of H-pyrrole nitrogens is 1. The highest BCUT2D eigenvalue weighted by molar-refractivity contribution is 7.90. The molecule has 6 nitrogen and oxygen atoms in total. The lowest BCUT2D eigenvalue weighted by atomic mass is 9.97. The molecule has 144 valence electrons. The molecule has 3 aromatic rings. The summed E-state index contributed by atoms with van der Waals surface area (Å²) in [6.07, 6.45) is 0. The molecular formula is C20H25N3O3S. The fourth-order valence-electron chi connectivity index (χ4n) is 2.93. The second kappa shape index (κ2) is 7.32. The predicted octanol–water partition coefficient (Wildman–Crippen LogP) is 2.96. The summed E-state index contributed by atoms with van der Waals surface area (Å²) in [6.45, 7) is 5.70. The average molecular weight is 388 g/mol. The molecule has 27 heavy (non-hydrogen) atoms. The molecule has 0 fully saturated rings. The van der Waals surface area contributed by atoms with Crippen LogP contribution in [0.25, 0.3) is 22.2 Å². The third kappa shape index (κ3) is 3.99. The van der Waals surface area contributed by atoms with Gasteiger partial charge in [-0.1, -0.05) is 37.3 Å². The molecule has 0 saturated carbocycles. The van der Waals surface area contributed by atoms with Crippen LogP contribution in [0.3, 0.4) is 0 Å². The van der Waals surface area contributed by atoms with Gasteiger partial charge in [-0.25, -0.2) is 17.9 Å². The Hall–Kier alpha value is -2.38. The quantitative estimate of drug-likeness (QED) is 0.682. The van der Waals surface area contributed by atoms with Crippen LogP contribution in [0, 0.1) is 0 Å². The van der Waals surface area contributed by atoms with Gasteiger partial charge in [0.25, 0.3) is 0 Å². The number of nitrogens with one attached hydrogen (secondary N) is 2. The van der Waals surface area contributed by atoms with Crippen molar-refractivity contribution in [3.63, 3.8) is 0 Å². The minimum absolute atomic E-state index is 0.0700. The second-order valence-corrected chi connectivity index (χ2v) is 9.51. The Bertz CT molecular complexity index is 1110. The molecule has 0 saturated heterocycles. The maximum atomic E-state index is 11.9. The first kappa shape index (κ1) is 19.4. The van der Waals surface area contributed by atoms with Gasteiger partial charge in [0.2, 0.25) is 10.0 Å². The zero-order valence-corrected chi connectivity index (χ0v) is 16.8. The van der Waals surface area contributed by atoms with Crippen molar-refractivity contribution in [2.45, 2.75) is 31.9 Å². The molecule has 0 aliphatic carbocycles. The van der Waals surface area contributed by atoms with Crippen LogP contribution in [0.1, 0.15) is 32.3 Å². The number of hydrogen-bond acceptors (Lipinski definition) is 3. The molecule has 0 amide bonds. The zero-order valence-electron chi connectivity index (χ0n) is 16.0. The van der Waals surface area contributed by atoms with E-state index in [1.54, 1.807) is 25.5 Å². The molecular weight excluding hydrogens is 362 g/mol. The number of rotatable bonds is 6. The predicted molar refractivity (Wildman–Crippen MR) is 109 cm³/mol. The van der Waals surface area contributed by atoms with Gasteiger partial charge < -0.3 is 4.98 Å². The van der Waals surface area contributed by atoms with Gasteiger partial charge in [-0.05, 0) is 48.6 Å². The minimum Gasteiger partial charge on any atom is -0.306 e. The van der Waals surface area contributed by atoms with Crippen LogP contribution in [0.2, 0.25) is 0 Å². The van der Waals surface area contributed by atoms with E-state index in [-0.39, 0.29) is 11.6 Å². The molecule has 1 heterocycles. The van der Waals surface area contributed by atoms with Crippen molar-refractivity contribution >= 4 is 21.1 Å². The number of fused-ring (bicyclic) bond motifs is 1. The number of aryl methyl sites for hydroxylation is 1. The Morgan fingerprint density at radius 3 is 2.30 bits per heavy atom. The van der Waals surface area contributed by atoms with Gasteiger partial charge in [-0.3, -0.25) is 4.57 Å². The van der Waals surface area contributed by atoms with E-state index in [9.17, 15) is 13.2 Å². The number of hydrogen-bond donors (Lipinski definition) is 2. The molecule has 3 rings (SSSR count). The Morgan fingerprint density at radius 1 is 1.04 bits per heavy atom. The first-order chi connectivity index (χ1) is 12.7. The van der Waals surface area contributed by atoms with Crippen LogP contribution in [-0.4, -0.2) is 29.8 Å². The highest BCUT2D eigenvalue weighted by Crippen LogP contribution is 2.25. The van der Waals surface area contributed by atoms with Crippen LogP contribution in [0.15, 0.2) is 47.3 Å². The van der Waals surface area contributed by atoms with Gasteiger partial charge in [0.1, 0.15) is 0 Å². The Morgan fingerprint density at radius 2 is 1.67 bits per heavy atom. The summed E-state index contributed by atoms with van der Waals surface area (Å²) < 4.78 is 28.1. The van der Waals surface area contributed by atoms with E-state index in [0.717, 1.165) is 27.7 Å². The number of imidazole rings is 1.